The van der Waals surface area contributed by atoms with Crippen molar-refractivity contribution >= 4 is 5.91 Å². The maximum Gasteiger partial charge on any atom is 0.223 e. The van der Waals surface area contributed by atoms with Gasteiger partial charge >= 0.3 is 0 Å². The molecule has 0 saturated carbocycles. The minimum Gasteiger partial charge on any atom is -0.497 e. The standard InChI is InChI=1S/C30H52N2O6/c1-20(2)23(13-22-14-25(36-6)17-26(15-22)38-12-8-10-35-5)16-28(31)29(33)18-27(21(3)4)30(34)32-19-24-9-7-11-37-24/h14-15,17,20-21,23-24,27-29,33H,7-13,16,18-19,31H2,1-6H3,(H,32,34)/t23-,24+,27-,28-,29-/m0/s1. The molecule has 218 valence electrons. The second-order valence-electron chi connectivity index (χ2n) is 11.4. The van der Waals surface area contributed by atoms with Crippen LogP contribution in [0.3, 0.4) is 0 Å². The number of carbonyl (C=O) groups is 1. The number of ether oxygens (including phenoxy) is 4. The van der Waals surface area contributed by atoms with E-state index in [1.54, 1.807) is 14.2 Å². The lowest BCUT2D eigenvalue weighted by atomic mass is 9.80. The van der Waals surface area contributed by atoms with Gasteiger partial charge in [0.2, 0.25) is 5.91 Å². The van der Waals surface area contributed by atoms with E-state index in [1.807, 2.05) is 26.0 Å². The number of rotatable bonds is 18. The predicted octanol–water partition coefficient (Wildman–Crippen LogP) is 3.96. The van der Waals surface area contributed by atoms with Gasteiger partial charge in [0, 0.05) is 51.3 Å². The van der Waals surface area contributed by atoms with Gasteiger partial charge in [-0.15, -0.1) is 0 Å². The summed E-state index contributed by atoms with van der Waals surface area (Å²) in [5, 5.41) is 14.1. The summed E-state index contributed by atoms with van der Waals surface area (Å²) in [6.45, 7) is 10.9. The SMILES string of the molecule is COCCCOc1cc(C[C@@H](C[C@H](N)[C@@H](O)C[C@H](C(=O)NC[C@H]2CCCO2)C(C)C)C(C)C)cc(OC)c1. The van der Waals surface area contributed by atoms with Crippen molar-refractivity contribution in [2.45, 2.75) is 84.5 Å². The van der Waals surface area contributed by atoms with Crippen molar-refractivity contribution in [3.63, 3.8) is 0 Å². The number of aliphatic hydroxyl groups excluding tert-OH is 1. The quantitative estimate of drug-likeness (QED) is 0.244. The Hall–Kier alpha value is -1.87. The van der Waals surface area contributed by atoms with E-state index < -0.39 is 12.1 Å². The second-order valence-corrected chi connectivity index (χ2v) is 11.4. The molecule has 38 heavy (non-hydrogen) atoms. The van der Waals surface area contributed by atoms with Gasteiger partial charge in [-0.1, -0.05) is 27.7 Å². The van der Waals surface area contributed by atoms with E-state index in [4.69, 9.17) is 24.7 Å². The number of methoxy groups -OCH3 is 2. The zero-order valence-electron chi connectivity index (χ0n) is 24.4. The lowest BCUT2D eigenvalue weighted by Crippen LogP contribution is -2.43. The highest BCUT2D eigenvalue weighted by Crippen LogP contribution is 2.29. The molecule has 8 nitrogen and oxygen atoms in total. The largest absolute Gasteiger partial charge is 0.497 e. The highest BCUT2D eigenvalue weighted by Gasteiger charge is 2.30. The monoisotopic (exact) mass is 536 g/mol. The minimum absolute atomic E-state index is 0.0310. The molecular weight excluding hydrogens is 484 g/mol. The Balaban J connectivity index is 1.98. The highest BCUT2D eigenvalue weighted by atomic mass is 16.5. The first-order valence-corrected chi connectivity index (χ1v) is 14.3. The first-order chi connectivity index (χ1) is 18.1. The Bertz CT molecular complexity index is 812. The van der Waals surface area contributed by atoms with Crippen LogP contribution in [0.5, 0.6) is 11.5 Å². The first kappa shape index (κ1) is 32.3. The Labute approximate surface area is 229 Å². The van der Waals surface area contributed by atoms with E-state index in [2.05, 4.69) is 25.2 Å². The third kappa shape index (κ3) is 11.1. The van der Waals surface area contributed by atoms with Crippen LogP contribution in [0, 0.1) is 23.7 Å². The number of hydrogen-bond acceptors (Lipinski definition) is 7. The molecule has 0 unspecified atom stereocenters. The van der Waals surface area contributed by atoms with Crippen LogP contribution < -0.4 is 20.5 Å². The number of amides is 1. The average molecular weight is 537 g/mol. The summed E-state index contributed by atoms with van der Waals surface area (Å²) in [4.78, 5) is 12.9. The van der Waals surface area contributed by atoms with Crippen LogP contribution in [0.25, 0.3) is 0 Å². The van der Waals surface area contributed by atoms with Crippen molar-refractivity contribution in [1.29, 1.82) is 0 Å². The molecule has 0 bridgehead atoms. The fraction of sp³-hybridized carbons (Fsp3) is 0.767. The molecule has 8 heteroatoms. The van der Waals surface area contributed by atoms with Crippen LogP contribution in [0.1, 0.15) is 65.4 Å². The summed E-state index contributed by atoms with van der Waals surface area (Å²) in [6.07, 6.45) is 3.96. The summed E-state index contributed by atoms with van der Waals surface area (Å²) in [7, 11) is 3.34. The third-order valence-electron chi connectivity index (χ3n) is 7.61. The molecule has 1 amide bonds. The number of carbonyl (C=O) groups excluding carboxylic acids is 1. The van der Waals surface area contributed by atoms with Crippen LogP contribution in [0.2, 0.25) is 0 Å². The average Bonchev–Trinajstić information content (AvgIpc) is 3.41. The van der Waals surface area contributed by atoms with Crippen molar-refractivity contribution < 1.29 is 28.8 Å². The number of nitrogens with two attached hydrogens (primary N) is 1. The van der Waals surface area contributed by atoms with Gasteiger partial charge in [0.15, 0.2) is 0 Å². The first-order valence-electron chi connectivity index (χ1n) is 14.3. The highest BCUT2D eigenvalue weighted by molar-refractivity contribution is 5.78. The Kier molecular flexibility index (Phi) is 14.4. The van der Waals surface area contributed by atoms with E-state index in [1.165, 1.54) is 0 Å². The summed E-state index contributed by atoms with van der Waals surface area (Å²) < 4.78 is 22.2. The summed E-state index contributed by atoms with van der Waals surface area (Å²) in [6, 6.07) is 5.56. The van der Waals surface area contributed by atoms with Gasteiger partial charge in [-0.3, -0.25) is 4.79 Å². The lowest BCUT2D eigenvalue weighted by molar-refractivity contribution is -0.128. The van der Waals surface area contributed by atoms with Gasteiger partial charge in [-0.05, 0) is 67.6 Å². The minimum atomic E-state index is -0.762. The number of nitrogens with one attached hydrogen (secondary N) is 1. The van der Waals surface area contributed by atoms with Gasteiger partial charge in [0.25, 0.3) is 0 Å². The number of hydrogen-bond donors (Lipinski definition) is 3. The van der Waals surface area contributed by atoms with E-state index >= 15 is 0 Å². The number of aliphatic hydroxyl groups is 1. The molecule has 1 aromatic rings. The topological polar surface area (TPSA) is 112 Å². The molecule has 5 atom stereocenters. The van der Waals surface area contributed by atoms with E-state index in [-0.39, 0.29) is 29.8 Å². The van der Waals surface area contributed by atoms with Crippen molar-refractivity contribution in [2.24, 2.45) is 29.4 Å². The Morgan fingerprint density at radius 3 is 2.45 bits per heavy atom. The Morgan fingerprint density at radius 2 is 1.84 bits per heavy atom. The van der Waals surface area contributed by atoms with Crippen molar-refractivity contribution in [1.82, 2.24) is 5.32 Å². The van der Waals surface area contributed by atoms with E-state index in [0.29, 0.717) is 38.5 Å². The second kappa shape index (κ2) is 17.0. The van der Waals surface area contributed by atoms with Crippen LogP contribution in [-0.4, -0.2) is 69.8 Å². The third-order valence-corrected chi connectivity index (χ3v) is 7.61. The predicted molar refractivity (Wildman–Crippen MR) is 151 cm³/mol. The van der Waals surface area contributed by atoms with Crippen molar-refractivity contribution in [3.05, 3.63) is 23.8 Å². The van der Waals surface area contributed by atoms with Gasteiger partial charge < -0.3 is 35.1 Å². The van der Waals surface area contributed by atoms with Crippen LogP contribution >= 0.6 is 0 Å². The normalized spacial score (nSPS) is 18.8. The van der Waals surface area contributed by atoms with Gasteiger partial charge in [-0.2, -0.15) is 0 Å². The maximum atomic E-state index is 12.9. The molecule has 1 heterocycles. The molecule has 1 aromatic carbocycles. The molecular formula is C30H52N2O6. The molecule has 1 fully saturated rings. The molecule has 2 rings (SSSR count). The smallest absolute Gasteiger partial charge is 0.223 e. The molecule has 1 aliphatic heterocycles. The molecule has 1 saturated heterocycles. The van der Waals surface area contributed by atoms with Gasteiger partial charge in [0.05, 0.1) is 25.9 Å². The molecule has 0 aromatic heterocycles. The molecule has 0 aliphatic carbocycles. The number of benzene rings is 1. The molecule has 0 spiro atoms. The zero-order valence-corrected chi connectivity index (χ0v) is 24.4. The molecule has 1 aliphatic rings. The lowest BCUT2D eigenvalue weighted by Gasteiger charge is -2.30. The fourth-order valence-electron chi connectivity index (χ4n) is 5.01. The van der Waals surface area contributed by atoms with Crippen LogP contribution in [0.4, 0.5) is 0 Å². The zero-order chi connectivity index (χ0) is 28.1. The van der Waals surface area contributed by atoms with Crippen LogP contribution in [0.15, 0.2) is 18.2 Å². The van der Waals surface area contributed by atoms with Crippen molar-refractivity contribution in [3.8, 4) is 11.5 Å². The fourth-order valence-corrected chi connectivity index (χ4v) is 5.01. The van der Waals surface area contributed by atoms with Gasteiger partial charge in [0.1, 0.15) is 11.5 Å². The summed E-state index contributed by atoms with van der Waals surface area (Å²) >= 11 is 0. The maximum absolute atomic E-state index is 12.9. The van der Waals surface area contributed by atoms with Crippen LogP contribution in [-0.2, 0) is 20.7 Å². The summed E-state index contributed by atoms with van der Waals surface area (Å²) in [5.74, 6) is 1.91. The molecule has 0 radical (unpaired) electrons. The van der Waals surface area contributed by atoms with E-state index in [9.17, 15) is 9.90 Å². The molecule has 4 N–H and O–H groups in total. The van der Waals surface area contributed by atoms with Crippen molar-refractivity contribution in [2.75, 3.05) is 40.6 Å². The van der Waals surface area contributed by atoms with E-state index in [0.717, 1.165) is 49.4 Å². The Morgan fingerprint density at radius 1 is 1.11 bits per heavy atom. The summed E-state index contributed by atoms with van der Waals surface area (Å²) in [5.41, 5.74) is 7.66. The van der Waals surface area contributed by atoms with Gasteiger partial charge in [-0.25, -0.2) is 0 Å².